The molecule has 0 aromatic carbocycles. The lowest BCUT2D eigenvalue weighted by Gasteiger charge is -2.29. The van der Waals surface area contributed by atoms with Crippen LogP contribution in [0.4, 0.5) is 5.69 Å². The van der Waals surface area contributed by atoms with Crippen molar-refractivity contribution in [3.8, 4) is 5.75 Å². The Hall–Kier alpha value is -1.29. The van der Waals surface area contributed by atoms with E-state index in [-0.39, 0.29) is 0 Å². The van der Waals surface area contributed by atoms with Crippen LogP contribution in [0.25, 0.3) is 0 Å². The van der Waals surface area contributed by atoms with Crippen molar-refractivity contribution in [3.05, 3.63) is 18.5 Å². The summed E-state index contributed by atoms with van der Waals surface area (Å²) in [5.74, 6) is 0.873. The molecule has 1 aromatic rings. The molecule has 0 aliphatic carbocycles. The fourth-order valence-electron chi connectivity index (χ4n) is 1.80. The van der Waals surface area contributed by atoms with Crippen molar-refractivity contribution in [2.45, 2.75) is 13.3 Å². The molecular formula is C12H19N3O. The second kappa shape index (κ2) is 5.70. The van der Waals surface area contributed by atoms with E-state index in [1.165, 1.54) is 0 Å². The molecule has 1 N–H and O–H groups in total. The molecule has 0 saturated carbocycles. The molecule has 0 atom stereocenters. The van der Waals surface area contributed by atoms with Gasteiger partial charge < -0.3 is 15.0 Å². The van der Waals surface area contributed by atoms with Crippen LogP contribution in [-0.4, -0.2) is 37.8 Å². The summed E-state index contributed by atoms with van der Waals surface area (Å²) in [4.78, 5) is 6.56. The van der Waals surface area contributed by atoms with Gasteiger partial charge in [-0.05, 0) is 6.42 Å². The lowest BCUT2D eigenvalue weighted by molar-refractivity contribution is 0.316. The average Bonchev–Trinajstić information content (AvgIpc) is 2.38. The average molecular weight is 221 g/mol. The van der Waals surface area contributed by atoms with E-state index in [1.807, 2.05) is 6.20 Å². The number of pyridine rings is 1. The van der Waals surface area contributed by atoms with Crippen LogP contribution in [0.5, 0.6) is 5.75 Å². The zero-order chi connectivity index (χ0) is 11.2. The molecule has 1 saturated heterocycles. The van der Waals surface area contributed by atoms with Crippen LogP contribution in [-0.2, 0) is 0 Å². The van der Waals surface area contributed by atoms with Gasteiger partial charge in [-0.3, -0.25) is 4.98 Å². The zero-order valence-corrected chi connectivity index (χ0v) is 9.78. The first-order valence-electron chi connectivity index (χ1n) is 5.93. The molecule has 2 heterocycles. The zero-order valence-electron chi connectivity index (χ0n) is 9.78. The van der Waals surface area contributed by atoms with Crippen molar-refractivity contribution in [2.75, 3.05) is 37.7 Å². The number of hydrogen-bond acceptors (Lipinski definition) is 4. The molecule has 4 nitrogen and oxygen atoms in total. The van der Waals surface area contributed by atoms with Gasteiger partial charge in [0.2, 0.25) is 0 Å². The first kappa shape index (κ1) is 11.2. The minimum absolute atomic E-state index is 0.757. The number of anilines is 1. The van der Waals surface area contributed by atoms with Crippen LogP contribution >= 0.6 is 0 Å². The van der Waals surface area contributed by atoms with E-state index >= 15 is 0 Å². The number of rotatable bonds is 4. The summed E-state index contributed by atoms with van der Waals surface area (Å²) < 4.78 is 5.58. The molecule has 16 heavy (non-hydrogen) atoms. The Kier molecular flexibility index (Phi) is 3.99. The van der Waals surface area contributed by atoms with Gasteiger partial charge in [0.1, 0.15) is 5.75 Å². The molecule has 0 radical (unpaired) electrons. The lowest BCUT2D eigenvalue weighted by atomic mass is 10.3. The summed E-state index contributed by atoms with van der Waals surface area (Å²) in [5.41, 5.74) is 1.16. The van der Waals surface area contributed by atoms with Crippen molar-refractivity contribution >= 4 is 5.69 Å². The maximum Gasteiger partial charge on any atom is 0.139 e. The van der Waals surface area contributed by atoms with Crippen LogP contribution in [0.3, 0.4) is 0 Å². The Labute approximate surface area is 96.6 Å². The summed E-state index contributed by atoms with van der Waals surface area (Å²) >= 11 is 0. The molecule has 1 aliphatic rings. The number of aromatic nitrogens is 1. The molecular weight excluding hydrogens is 202 g/mol. The number of ether oxygens (including phenoxy) is 1. The summed E-state index contributed by atoms with van der Waals surface area (Å²) in [6.07, 6.45) is 4.71. The second-order valence-electron chi connectivity index (χ2n) is 3.96. The highest BCUT2D eigenvalue weighted by Crippen LogP contribution is 2.19. The molecule has 4 heteroatoms. The van der Waals surface area contributed by atoms with Gasteiger partial charge in [-0.15, -0.1) is 0 Å². The highest BCUT2D eigenvalue weighted by atomic mass is 16.5. The molecule has 1 aliphatic heterocycles. The van der Waals surface area contributed by atoms with E-state index in [0.717, 1.165) is 50.6 Å². The van der Waals surface area contributed by atoms with Gasteiger partial charge in [0.05, 0.1) is 24.7 Å². The minimum atomic E-state index is 0.757. The van der Waals surface area contributed by atoms with Gasteiger partial charge in [0, 0.05) is 32.2 Å². The minimum Gasteiger partial charge on any atom is -0.492 e. The highest BCUT2D eigenvalue weighted by Gasteiger charge is 2.11. The summed E-state index contributed by atoms with van der Waals surface area (Å²) in [5, 5.41) is 3.34. The largest absolute Gasteiger partial charge is 0.492 e. The molecule has 1 aromatic heterocycles. The number of hydrogen-bond donors (Lipinski definition) is 1. The number of piperazine rings is 1. The molecule has 0 spiro atoms. The fourth-order valence-corrected chi connectivity index (χ4v) is 1.80. The van der Waals surface area contributed by atoms with Crippen LogP contribution in [0.1, 0.15) is 13.3 Å². The van der Waals surface area contributed by atoms with E-state index in [1.54, 1.807) is 6.20 Å². The maximum absolute atomic E-state index is 5.58. The summed E-state index contributed by atoms with van der Waals surface area (Å²) in [6, 6.07) is 2.08. The monoisotopic (exact) mass is 221 g/mol. The topological polar surface area (TPSA) is 37.4 Å². The van der Waals surface area contributed by atoms with Gasteiger partial charge >= 0.3 is 0 Å². The van der Waals surface area contributed by atoms with Crippen molar-refractivity contribution < 1.29 is 4.74 Å². The summed E-state index contributed by atoms with van der Waals surface area (Å²) in [7, 11) is 0. The van der Waals surface area contributed by atoms with Gasteiger partial charge in [0.25, 0.3) is 0 Å². The third-order valence-corrected chi connectivity index (χ3v) is 2.65. The number of nitrogens with one attached hydrogen (secondary N) is 1. The first-order valence-corrected chi connectivity index (χ1v) is 5.93. The van der Waals surface area contributed by atoms with Crippen molar-refractivity contribution in [3.63, 3.8) is 0 Å². The van der Waals surface area contributed by atoms with Gasteiger partial charge in [-0.1, -0.05) is 6.92 Å². The van der Waals surface area contributed by atoms with Crippen molar-refractivity contribution in [1.82, 2.24) is 10.3 Å². The smallest absolute Gasteiger partial charge is 0.139 e. The molecule has 2 rings (SSSR count). The Morgan fingerprint density at radius 2 is 2.19 bits per heavy atom. The summed E-state index contributed by atoms with van der Waals surface area (Å²) in [6.45, 7) is 7.03. The Bertz CT molecular complexity index is 324. The second-order valence-corrected chi connectivity index (χ2v) is 3.96. The van der Waals surface area contributed by atoms with E-state index in [4.69, 9.17) is 4.74 Å². The molecule has 1 fully saturated rings. The maximum atomic E-state index is 5.58. The van der Waals surface area contributed by atoms with Crippen molar-refractivity contribution in [1.29, 1.82) is 0 Å². The normalized spacial score (nSPS) is 16.2. The van der Waals surface area contributed by atoms with Crippen LogP contribution < -0.4 is 15.0 Å². The van der Waals surface area contributed by atoms with Crippen LogP contribution in [0, 0.1) is 0 Å². The molecule has 0 unspecified atom stereocenters. The molecule has 0 amide bonds. The molecule has 0 bridgehead atoms. The fraction of sp³-hybridized carbons (Fsp3) is 0.583. The third kappa shape index (κ3) is 2.85. The van der Waals surface area contributed by atoms with Gasteiger partial charge in [0.15, 0.2) is 0 Å². The number of nitrogens with zero attached hydrogens (tertiary/aromatic N) is 2. The Morgan fingerprint density at radius 3 is 2.94 bits per heavy atom. The Balaban J connectivity index is 2.02. The van der Waals surface area contributed by atoms with E-state index in [0.29, 0.717) is 0 Å². The Morgan fingerprint density at radius 1 is 1.38 bits per heavy atom. The molecule has 88 valence electrons. The lowest BCUT2D eigenvalue weighted by Crippen LogP contribution is -2.43. The SMILES string of the molecule is CCCOc1cncc(N2CCNCC2)c1. The predicted octanol–water partition coefficient (Wildman–Crippen LogP) is 1.28. The van der Waals surface area contributed by atoms with E-state index in [9.17, 15) is 0 Å². The van der Waals surface area contributed by atoms with Crippen LogP contribution in [0.2, 0.25) is 0 Å². The third-order valence-electron chi connectivity index (χ3n) is 2.65. The van der Waals surface area contributed by atoms with Crippen LogP contribution in [0.15, 0.2) is 18.5 Å². The van der Waals surface area contributed by atoms with E-state index < -0.39 is 0 Å². The predicted molar refractivity (Wildman–Crippen MR) is 65.1 cm³/mol. The standard InChI is InChI=1S/C12H19N3O/c1-2-7-16-12-8-11(9-14-10-12)15-5-3-13-4-6-15/h8-10,13H,2-7H2,1H3. The van der Waals surface area contributed by atoms with Crippen molar-refractivity contribution in [2.24, 2.45) is 0 Å². The van der Waals surface area contributed by atoms with Gasteiger partial charge in [-0.2, -0.15) is 0 Å². The van der Waals surface area contributed by atoms with E-state index in [2.05, 4.69) is 28.2 Å². The first-order chi connectivity index (χ1) is 7.90. The van der Waals surface area contributed by atoms with Gasteiger partial charge in [-0.25, -0.2) is 0 Å². The quantitative estimate of drug-likeness (QED) is 0.831. The highest BCUT2D eigenvalue weighted by molar-refractivity contribution is 5.48.